The maximum absolute atomic E-state index is 13.0. The first kappa shape index (κ1) is 21.6. The molecular weight excluding hydrogens is 441 g/mol. The van der Waals surface area contributed by atoms with E-state index in [0.717, 1.165) is 19.5 Å². The van der Waals surface area contributed by atoms with Crippen LogP contribution in [0.4, 0.5) is 17.5 Å². The van der Waals surface area contributed by atoms with Crippen LogP contribution in [0.3, 0.4) is 0 Å². The molecule has 1 saturated heterocycles. The van der Waals surface area contributed by atoms with E-state index < -0.39 is 17.4 Å². The number of aromatic amines is 1. The number of hydrogen-bond donors (Lipinski definition) is 3. The van der Waals surface area contributed by atoms with Crippen molar-refractivity contribution in [3.8, 4) is 0 Å². The van der Waals surface area contributed by atoms with Gasteiger partial charge in [-0.05, 0) is 30.4 Å². The molecule has 3 N–H and O–H groups in total. The summed E-state index contributed by atoms with van der Waals surface area (Å²) in [7, 11) is 0. The van der Waals surface area contributed by atoms with Gasteiger partial charge in [0.25, 0.3) is 5.56 Å². The van der Waals surface area contributed by atoms with Crippen LogP contribution in [0.1, 0.15) is 38.2 Å². The lowest BCUT2D eigenvalue weighted by Gasteiger charge is -2.35. The van der Waals surface area contributed by atoms with Crippen molar-refractivity contribution in [2.45, 2.75) is 32.6 Å². The van der Waals surface area contributed by atoms with E-state index in [2.05, 4.69) is 34.4 Å². The normalized spacial score (nSPS) is 23.2. The van der Waals surface area contributed by atoms with Crippen LogP contribution in [0.15, 0.2) is 23.0 Å². The van der Waals surface area contributed by atoms with E-state index in [1.807, 2.05) is 4.90 Å². The Balaban J connectivity index is 1.66. The molecule has 0 spiro atoms. The Labute approximate surface area is 189 Å². The predicted molar refractivity (Wildman–Crippen MR) is 121 cm³/mol. The second-order valence-electron chi connectivity index (χ2n) is 8.40. The number of halogens is 2. The molecule has 0 radical (unpaired) electrons. The summed E-state index contributed by atoms with van der Waals surface area (Å²) in [6.07, 6.45) is 0.940. The summed E-state index contributed by atoms with van der Waals surface area (Å²) in [4.78, 5) is 47.6. The van der Waals surface area contributed by atoms with Crippen LogP contribution in [-0.4, -0.2) is 34.9 Å². The van der Waals surface area contributed by atoms with E-state index in [9.17, 15) is 14.4 Å². The highest BCUT2D eigenvalue weighted by Crippen LogP contribution is 2.34. The number of amides is 2. The molecule has 1 aromatic carbocycles. The van der Waals surface area contributed by atoms with Crippen LogP contribution in [-0.2, 0) is 9.59 Å². The minimum absolute atomic E-state index is 0.123. The quantitative estimate of drug-likeness (QED) is 0.643. The Hall–Kier alpha value is -2.58. The second kappa shape index (κ2) is 8.51. The molecule has 1 aromatic heterocycles. The van der Waals surface area contributed by atoms with Gasteiger partial charge in [-0.1, -0.05) is 43.1 Å². The van der Waals surface area contributed by atoms with Gasteiger partial charge in [-0.15, -0.1) is 0 Å². The maximum Gasteiger partial charge on any atom is 0.258 e. The summed E-state index contributed by atoms with van der Waals surface area (Å²) in [6.45, 7) is 5.83. The van der Waals surface area contributed by atoms with Gasteiger partial charge in [0.2, 0.25) is 17.8 Å². The Morgan fingerprint density at radius 3 is 2.61 bits per heavy atom. The molecule has 164 valence electrons. The monoisotopic (exact) mass is 463 g/mol. The van der Waals surface area contributed by atoms with Gasteiger partial charge in [0.1, 0.15) is 5.82 Å². The number of nitrogens with zero attached hydrogens (tertiary/aromatic N) is 2. The Bertz CT molecular complexity index is 1090. The van der Waals surface area contributed by atoms with E-state index in [1.54, 1.807) is 18.2 Å². The molecule has 2 amide bonds. The van der Waals surface area contributed by atoms with Crippen molar-refractivity contribution in [3.63, 3.8) is 0 Å². The third kappa shape index (κ3) is 4.41. The summed E-state index contributed by atoms with van der Waals surface area (Å²) in [5.74, 6) is -0.459. The lowest BCUT2D eigenvalue weighted by atomic mass is 9.91. The molecule has 0 unspecified atom stereocenters. The Morgan fingerprint density at radius 2 is 1.90 bits per heavy atom. The first-order valence-corrected chi connectivity index (χ1v) is 10.9. The molecule has 10 heteroatoms. The summed E-state index contributed by atoms with van der Waals surface area (Å²) in [5, 5.41) is 5.80. The van der Waals surface area contributed by atoms with Crippen LogP contribution in [0, 0.1) is 11.8 Å². The number of fused-ring (bicyclic) bond motifs is 1. The fraction of sp³-hybridized carbons (Fsp3) is 0.429. The first-order valence-electron chi connectivity index (χ1n) is 10.2. The molecule has 1 fully saturated rings. The number of H-pyrrole nitrogens is 1. The fourth-order valence-electron chi connectivity index (χ4n) is 4.39. The highest BCUT2D eigenvalue weighted by Gasteiger charge is 2.36. The first-order chi connectivity index (χ1) is 14.7. The number of carbonyl (C=O) groups is 2. The molecule has 3 atom stereocenters. The average Bonchev–Trinajstić information content (AvgIpc) is 2.69. The zero-order chi connectivity index (χ0) is 22.3. The van der Waals surface area contributed by atoms with Crippen molar-refractivity contribution in [3.05, 3.63) is 44.2 Å². The highest BCUT2D eigenvalue weighted by atomic mass is 35.5. The number of carbonyl (C=O) groups excluding carboxylic acids is 2. The largest absolute Gasteiger partial charge is 0.342 e. The van der Waals surface area contributed by atoms with Gasteiger partial charge in [0, 0.05) is 19.5 Å². The number of anilines is 3. The molecule has 31 heavy (non-hydrogen) atoms. The molecule has 2 aromatic rings. The lowest BCUT2D eigenvalue weighted by molar-refractivity contribution is -0.123. The number of aromatic nitrogens is 2. The minimum Gasteiger partial charge on any atom is -0.342 e. The van der Waals surface area contributed by atoms with Gasteiger partial charge in [0.15, 0.2) is 0 Å². The predicted octanol–water partition coefficient (Wildman–Crippen LogP) is 3.62. The van der Waals surface area contributed by atoms with Crippen LogP contribution < -0.4 is 21.1 Å². The maximum atomic E-state index is 13.0. The molecule has 0 aliphatic carbocycles. The van der Waals surface area contributed by atoms with Crippen molar-refractivity contribution in [1.29, 1.82) is 0 Å². The van der Waals surface area contributed by atoms with E-state index >= 15 is 0 Å². The van der Waals surface area contributed by atoms with Gasteiger partial charge in [-0.3, -0.25) is 19.4 Å². The van der Waals surface area contributed by atoms with Crippen molar-refractivity contribution >= 4 is 52.5 Å². The molecular formula is C21H23Cl2N5O3. The van der Waals surface area contributed by atoms with Crippen LogP contribution in [0.25, 0.3) is 0 Å². The van der Waals surface area contributed by atoms with E-state index in [4.69, 9.17) is 23.2 Å². The molecule has 8 nitrogen and oxygen atoms in total. The van der Waals surface area contributed by atoms with Crippen molar-refractivity contribution in [2.75, 3.05) is 28.6 Å². The molecule has 2 aliphatic heterocycles. The smallest absolute Gasteiger partial charge is 0.258 e. The molecule has 0 saturated carbocycles. The summed E-state index contributed by atoms with van der Waals surface area (Å²) in [6, 6.07) is 4.84. The van der Waals surface area contributed by atoms with Crippen molar-refractivity contribution in [1.82, 2.24) is 9.97 Å². The molecule has 2 aliphatic rings. The van der Waals surface area contributed by atoms with Crippen molar-refractivity contribution < 1.29 is 9.59 Å². The highest BCUT2D eigenvalue weighted by molar-refractivity contribution is 6.44. The summed E-state index contributed by atoms with van der Waals surface area (Å²) in [5.41, 5.74) is 0.00401. The lowest BCUT2D eigenvalue weighted by Crippen LogP contribution is -2.42. The average molecular weight is 464 g/mol. The van der Waals surface area contributed by atoms with Gasteiger partial charge in [-0.2, -0.15) is 4.98 Å². The zero-order valence-electron chi connectivity index (χ0n) is 17.2. The van der Waals surface area contributed by atoms with E-state index in [1.165, 1.54) is 0 Å². The Kier molecular flexibility index (Phi) is 5.94. The Morgan fingerprint density at radius 1 is 1.19 bits per heavy atom. The minimum atomic E-state index is -0.997. The summed E-state index contributed by atoms with van der Waals surface area (Å²) >= 11 is 12.2. The second-order valence-corrected chi connectivity index (χ2v) is 9.18. The number of piperidine rings is 1. The fourth-order valence-corrected chi connectivity index (χ4v) is 4.74. The van der Waals surface area contributed by atoms with Crippen LogP contribution in [0.5, 0.6) is 0 Å². The standard InChI is InChI=1S/C21H23Cl2N5O3/c1-10-6-11(2)9-28(8-10)21-26-18-16(20(31)27-21)12(7-15(29)25-18)19(30)24-14-5-3-4-13(22)17(14)23/h3-5,10-12H,6-9H2,1-2H3,(H,24,30)(H2,25,26,27,29,31)/t10-,11-,12-/m0/s1. The number of hydrogen-bond acceptors (Lipinski definition) is 5. The van der Waals surface area contributed by atoms with Crippen molar-refractivity contribution in [2.24, 2.45) is 11.8 Å². The number of nitrogens with one attached hydrogen (secondary N) is 3. The number of benzene rings is 1. The van der Waals surface area contributed by atoms with Gasteiger partial charge < -0.3 is 15.5 Å². The van der Waals surface area contributed by atoms with Gasteiger partial charge >= 0.3 is 0 Å². The SMILES string of the molecule is C[C@H]1C[C@H](C)CN(c2nc3c(c(=O)[nH]2)[C@@H](C(=O)Nc2cccc(Cl)c2Cl)CC(=O)N3)C1. The molecule has 4 rings (SSSR count). The van der Waals surface area contributed by atoms with Crippen LogP contribution in [0.2, 0.25) is 10.0 Å². The topological polar surface area (TPSA) is 107 Å². The number of rotatable bonds is 3. The van der Waals surface area contributed by atoms with E-state index in [-0.39, 0.29) is 33.8 Å². The molecule has 0 bridgehead atoms. The van der Waals surface area contributed by atoms with Gasteiger partial charge in [-0.25, -0.2) is 0 Å². The van der Waals surface area contributed by atoms with Crippen LogP contribution >= 0.6 is 23.2 Å². The van der Waals surface area contributed by atoms with Gasteiger partial charge in [0.05, 0.1) is 27.2 Å². The third-order valence-electron chi connectivity index (χ3n) is 5.63. The molecule has 3 heterocycles. The zero-order valence-corrected chi connectivity index (χ0v) is 18.7. The third-order valence-corrected chi connectivity index (χ3v) is 6.45. The van der Waals surface area contributed by atoms with E-state index in [0.29, 0.717) is 23.5 Å². The summed E-state index contributed by atoms with van der Waals surface area (Å²) < 4.78 is 0.